The molecule has 21 heavy (non-hydrogen) atoms. The predicted molar refractivity (Wildman–Crippen MR) is 81.5 cm³/mol. The fourth-order valence-electron chi connectivity index (χ4n) is 3.13. The molecule has 1 aliphatic carbocycles. The smallest absolute Gasteiger partial charge is 0.335 e. The molecule has 114 valence electrons. The van der Waals surface area contributed by atoms with Gasteiger partial charge in [-0.3, -0.25) is 4.79 Å². The number of aromatic carboxylic acids is 1. The molecule has 1 aliphatic rings. The third-order valence-corrected chi connectivity index (χ3v) is 4.35. The normalized spacial score (nSPS) is 17.2. The van der Waals surface area contributed by atoms with Crippen LogP contribution in [0.3, 0.4) is 0 Å². The summed E-state index contributed by atoms with van der Waals surface area (Å²) in [6.07, 6.45) is 7.04. The van der Waals surface area contributed by atoms with Crippen molar-refractivity contribution in [3.8, 4) is 0 Å². The molecule has 1 saturated carbocycles. The first-order valence-electron chi connectivity index (χ1n) is 7.76. The van der Waals surface area contributed by atoms with Crippen LogP contribution in [0.25, 0.3) is 0 Å². The largest absolute Gasteiger partial charge is 0.478 e. The minimum absolute atomic E-state index is 0.147. The van der Waals surface area contributed by atoms with E-state index in [-0.39, 0.29) is 17.5 Å². The van der Waals surface area contributed by atoms with E-state index in [4.69, 9.17) is 5.11 Å². The topological polar surface area (TPSA) is 66.4 Å². The van der Waals surface area contributed by atoms with Crippen LogP contribution in [0.4, 0.5) is 0 Å². The van der Waals surface area contributed by atoms with Gasteiger partial charge in [-0.2, -0.15) is 0 Å². The highest BCUT2D eigenvalue weighted by Crippen LogP contribution is 2.27. The van der Waals surface area contributed by atoms with Crippen molar-refractivity contribution in [2.24, 2.45) is 5.92 Å². The highest BCUT2D eigenvalue weighted by Gasteiger charge is 2.24. The van der Waals surface area contributed by atoms with Crippen LogP contribution in [0, 0.1) is 5.92 Å². The van der Waals surface area contributed by atoms with Gasteiger partial charge in [0.15, 0.2) is 0 Å². The van der Waals surface area contributed by atoms with Gasteiger partial charge < -0.3 is 10.4 Å². The highest BCUT2D eigenvalue weighted by molar-refractivity contribution is 5.97. The lowest BCUT2D eigenvalue weighted by Gasteiger charge is -2.30. The second-order valence-corrected chi connectivity index (χ2v) is 5.77. The molecule has 2 rings (SSSR count). The van der Waals surface area contributed by atoms with Crippen LogP contribution >= 0.6 is 0 Å². The molecule has 0 aliphatic heterocycles. The van der Waals surface area contributed by atoms with Gasteiger partial charge in [-0.1, -0.05) is 32.3 Å². The number of carboxylic acid groups (broad SMARTS) is 1. The first kappa shape index (κ1) is 15.5. The van der Waals surface area contributed by atoms with Gasteiger partial charge in [-0.25, -0.2) is 4.79 Å². The van der Waals surface area contributed by atoms with E-state index in [1.165, 1.54) is 44.2 Å². The van der Waals surface area contributed by atoms with E-state index in [2.05, 4.69) is 12.2 Å². The SMILES string of the molecule is CCC(NC(=O)c1cccc(C(=O)O)c1)C1CCCCC1. The van der Waals surface area contributed by atoms with Crippen LogP contribution in [0.15, 0.2) is 24.3 Å². The van der Waals surface area contributed by atoms with Gasteiger partial charge >= 0.3 is 5.97 Å². The Morgan fingerprint density at radius 1 is 1.24 bits per heavy atom. The van der Waals surface area contributed by atoms with Gasteiger partial charge in [0.25, 0.3) is 5.91 Å². The molecule has 1 aromatic carbocycles. The molecule has 1 aromatic rings. The van der Waals surface area contributed by atoms with Crippen LogP contribution in [0.1, 0.15) is 66.2 Å². The van der Waals surface area contributed by atoms with Gasteiger partial charge in [-0.15, -0.1) is 0 Å². The zero-order chi connectivity index (χ0) is 15.2. The molecule has 2 N–H and O–H groups in total. The monoisotopic (exact) mass is 289 g/mol. The standard InChI is InChI=1S/C17H23NO3/c1-2-15(12-7-4-3-5-8-12)18-16(19)13-9-6-10-14(11-13)17(20)21/h6,9-12,15H,2-5,7-8H2,1H3,(H,18,19)(H,20,21). The van der Waals surface area contributed by atoms with Crippen molar-refractivity contribution in [3.05, 3.63) is 35.4 Å². The Bertz CT molecular complexity index is 507. The maximum atomic E-state index is 12.3. The number of rotatable bonds is 5. The number of hydrogen-bond acceptors (Lipinski definition) is 2. The molecule has 1 atom stereocenters. The minimum atomic E-state index is -1.01. The van der Waals surface area contributed by atoms with Crippen LogP contribution in [-0.4, -0.2) is 23.0 Å². The Hall–Kier alpha value is -1.84. The van der Waals surface area contributed by atoms with Crippen LogP contribution < -0.4 is 5.32 Å². The maximum absolute atomic E-state index is 12.3. The summed E-state index contributed by atoms with van der Waals surface area (Å²) in [7, 11) is 0. The van der Waals surface area contributed by atoms with Gasteiger partial charge in [-0.05, 0) is 43.4 Å². The van der Waals surface area contributed by atoms with E-state index in [9.17, 15) is 9.59 Å². The molecule has 4 heteroatoms. The molecule has 0 bridgehead atoms. The molecule has 1 fully saturated rings. The fourth-order valence-corrected chi connectivity index (χ4v) is 3.13. The Morgan fingerprint density at radius 3 is 2.52 bits per heavy atom. The molecule has 1 unspecified atom stereocenters. The van der Waals surface area contributed by atoms with Crippen molar-refractivity contribution in [1.82, 2.24) is 5.32 Å². The van der Waals surface area contributed by atoms with Crippen molar-refractivity contribution in [2.75, 3.05) is 0 Å². The number of carboxylic acids is 1. The van der Waals surface area contributed by atoms with E-state index in [0.29, 0.717) is 11.5 Å². The van der Waals surface area contributed by atoms with E-state index >= 15 is 0 Å². The molecule has 0 spiro atoms. The molecular weight excluding hydrogens is 266 g/mol. The Labute approximate surface area is 125 Å². The van der Waals surface area contributed by atoms with Crippen molar-refractivity contribution < 1.29 is 14.7 Å². The van der Waals surface area contributed by atoms with Crippen molar-refractivity contribution in [2.45, 2.75) is 51.5 Å². The number of amides is 1. The minimum Gasteiger partial charge on any atom is -0.478 e. The Morgan fingerprint density at radius 2 is 1.90 bits per heavy atom. The molecule has 0 saturated heterocycles. The molecule has 0 heterocycles. The first-order valence-corrected chi connectivity index (χ1v) is 7.76. The quantitative estimate of drug-likeness (QED) is 0.872. The fraction of sp³-hybridized carbons (Fsp3) is 0.529. The van der Waals surface area contributed by atoms with Gasteiger partial charge in [0.1, 0.15) is 0 Å². The zero-order valence-corrected chi connectivity index (χ0v) is 12.5. The summed E-state index contributed by atoms with van der Waals surface area (Å²) in [5.41, 5.74) is 0.567. The first-order chi connectivity index (χ1) is 10.1. The lowest BCUT2D eigenvalue weighted by atomic mass is 9.83. The molecule has 1 amide bonds. The summed E-state index contributed by atoms with van der Waals surface area (Å²) in [6, 6.07) is 6.39. The molecule has 4 nitrogen and oxygen atoms in total. The molecule has 0 aromatic heterocycles. The van der Waals surface area contributed by atoms with Gasteiger partial charge in [0, 0.05) is 11.6 Å². The summed E-state index contributed by atoms with van der Waals surface area (Å²) < 4.78 is 0. The summed E-state index contributed by atoms with van der Waals surface area (Å²) >= 11 is 0. The second kappa shape index (κ2) is 7.25. The number of nitrogens with one attached hydrogen (secondary N) is 1. The van der Waals surface area contributed by atoms with Gasteiger partial charge in [0.05, 0.1) is 5.56 Å². The summed E-state index contributed by atoms with van der Waals surface area (Å²) in [5.74, 6) is -0.630. The third kappa shape index (κ3) is 4.06. The number of carbonyl (C=O) groups is 2. The Balaban J connectivity index is 2.04. The number of benzene rings is 1. The van der Waals surface area contributed by atoms with Crippen LogP contribution in [-0.2, 0) is 0 Å². The summed E-state index contributed by atoms with van der Waals surface area (Å²) in [6.45, 7) is 2.09. The zero-order valence-electron chi connectivity index (χ0n) is 12.5. The lowest BCUT2D eigenvalue weighted by Crippen LogP contribution is -2.40. The van der Waals surface area contributed by atoms with Crippen LogP contribution in [0.2, 0.25) is 0 Å². The van der Waals surface area contributed by atoms with E-state index < -0.39 is 5.97 Å². The Kier molecular flexibility index (Phi) is 5.37. The van der Waals surface area contributed by atoms with Crippen molar-refractivity contribution >= 4 is 11.9 Å². The lowest BCUT2D eigenvalue weighted by molar-refractivity contribution is 0.0697. The van der Waals surface area contributed by atoms with Gasteiger partial charge in [0.2, 0.25) is 0 Å². The number of hydrogen-bond donors (Lipinski definition) is 2. The average Bonchev–Trinajstić information content (AvgIpc) is 2.53. The van der Waals surface area contributed by atoms with E-state index in [1.54, 1.807) is 12.1 Å². The predicted octanol–water partition coefficient (Wildman–Crippen LogP) is 3.47. The second-order valence-electron chi connectivity index (χ2n) is 5.77. The highest BCUT2D eigenvalue weighted by atomic mass is 16.4. The van der Waals surface area contributed by atoms with E-state index in [0.717, 1.165) is 6.42 Å². The third-order valence-electron chi connectivity index (χ3n) is 4.35. The molecular formula is C17H23NO3. The summed E-state index contributed by atoms with van der Waals surface area (Å²) in [4.78, 5) is 23.3. The average molecular weight is 289 g/mol. The van der Waals surface area contributed by atoms with Crippen LogP contribution in [0.5, 0.6) is 0 Å². The van der Waals surface area contributed by atoms with E-state index in [1.807, 2.05) is 0 Å². The number of carbonyl (C=O) groups excluding carboxylic acids is 1. The summed E-state index contributed by atoms with van der Waals surface area (Å²) in [5, 5.41) is 12.1. The van der Waals surface area contributed by atoms with Crippen molar-refractivity contribution in [3.63, 3.8) is 0 Å². The molecule has 0 radical (unpaired) electrons. The van der Waals surface area contributed by atoms with Crippen molar-refractivity contribution in [1.29, 1.82) is 0 Å². The maximum Gasteiger partial charge on any atom is 0.335 e.